The monoisotopic (exact) mass is 343 g/mol. The molecule has 0 radical (unpaired) electrons. The van der Waals surface area contributed by atoms with Crippen molar-refractivity contribution in [1.29, 1.82) is 0 Å². The third-order valence-corrected chi connectivity index (χ3v) is 5.36. The van der Waals surface area contributed by atoms with E-state index in [0.29, 0.717) is 22.9 Å². The molecule has 1 heterocycles. The van der Waals surface area contributed by atoms with Crippen LogP contribution in [0, 0.1) is 5.92 Å². The van der Waals surface area contributed by atoms with Crippen LogP contribution >= 0.6 is 0 Å². The first-order valence-corrected chi connectivity index (χ1v) is 8.68. The van der Waals surface area contributed by atoms with E-state index < -0.39 is 18.3 Å². The minimum atomic E-state index is -0.468. The average Bonchev–Trinajstić information content (AvgIpc) is 3.34. The fourth-order valence-electron chi connectivity index (χ4n) is 2.76. The molecule has 0 unspecified atom stereocenters. The summed E-state index contributed by atoms with van der Waals surface area (Å²) in [5.41, 5.74) is 1.31. The minimum Gasteiger partial charge on any atom is -0.495 e. The summed E-state index contributed by atoms with van der Waals surface area (Å²) < 4.78 is 17.6. The lowest BCUT2D eigenvalue weighted by Gasteiger charge is -2.32. The fourth-order valence-corrected chi connectivity index (χ4v) is 2.76. The number of benzene rings is 1. The molecule has 2 fully saturated rings. The van der Waals surface area contributed by atoms with Crippen molar-refractivity contribution >= 4 is 24.2 Å². The van der Waals surface area contributed by atoms with Crippen molar-refractivity contribution in [3.8, 4) is 5.75 Å². The number of hydrogen-bond donors (Lipinski definition) is 1. The molecule has 5 nitrogen and oxygen atoms in total. The number of methoxy groups -OCH3 is 1. The molecular weight excluding hydrogens is 317 g/mol. The second-order valence-electron chi connectivity index (χ2n) is 7.80. The maximum atomic E-state index is 12.3. The summed E-state index contributed by atoms with van der Waals surface area (Å²) >= 11 is 0. The molecule has 0 bridgehead atoms. The number of rotatable bonds is 5. The molecular formula is C19H26BNO4. The van der Waals surface area contributed by atoms with Gasteiger partial charge < -0.3 is 19.4 Å². The van der Waals surface area contributed by atoms with Crippen LogP contribution in [-0.4, -0.2) is 31.3 Å². The number of anilines is 1. The largest absolute Gasteiger partial charge is 0.495 e. The first-order valence-electron chi connectivity index (χ1n) is 8.68. The summed E-state index contributed by atoms with van der Waals surface area (Å²) in [5, 5.41) is 2.89. The second-order valence-corrected chi connectivity index (χ2v) is 7.80. The zero-order valence-corrected chi connectivity index (χ0v) is 15.6. The second kappa shape index (κ2) is 6.18. The third kappa shape index (κ3) is 3.46. The van der Waals surface area contributed by atoms with E-state index in [-0.39, 0.29) is 5.91 Å². The summed E-state index contributed by atoms with van der Waals surface area (Å²) in [6.07, 6.45) is 2.09. The van der Waals surface area contributed by atoms with E-state index in [1.54, 1.807) is 7.11 Å². The summed E-state index contributed by atoms with van der Waals surface area (Å²) in [4.78, 5) is 12.3. The van der Waals surface area contributed by atoms with Gasteiger partial charge in [0.15, 0.2) is 0 Å². The molecule has 1 aromatic rings. The first-order chi connectivity index (χ1) is 11.6. The normalized spacial score (nSPS) is 21.1. The van der Waals surface area contributed by atoms with Crippen molar-refractivity contribution in [3.63, 3.8) is 0 Å². The fraction of sp³-hybridized carbons (Fsp3) is 0.526. The van der Waals surface area contributed by atoms with Gasteiger partial charge in [0.1, 0.15) is 5.75 Å². The van der Waals surface area contributed by atoms with Gasteiger partial charge >= 0.3 is 7.12 Å². The Morgan fingerprint density at radius 3 is 2.36 bits per heavy atom. The van der Waals surface area contributed by atoms with Crippen LogP contribution in [0.15, 0.2) is 30.4 Å². The summed E-state index contributed by atoms with van der Waals surface area (Å²) in [6.45, 7) is 12.0. The van der Waals surface area contributed by atoms with E-state index >= 15 is 0 Å². The molecule has 1 aliphatic heterocycles. The van der Waals surface area contributed by atoms with Gasteiger partial charge in [-0.2, -0.15) is 0 Å². The van der Waals surface area contributed by atoms with Crippen molar-refractivity contribution in [2.75, 3.05) is 12.4 Å². The lowest BCUT2D eigenvalue weighted by Crippen LogP contribution is -2.41. The number of amides is 1. The van der Waals surface area contributed by atoms with Crippen LogP contribution in [0.4, 0.5) is 5.69 Å². The van der Waals surface area contributed by atoms with Crippen molar-refractivity contribution in [2.45, 2.75) is 51.7 Å². The van der Waals surface area contributed by atoms with Crippen molar-refractivity contribution in [3.05, 3.63) is 30.4 Å². The van der Waals surface area contributed by atoms with Crippen LogP contribution < -0.4 is 15.5 Å². The van der Waals surface area contributed by atoms with E-state index in [1.165, 1.54) is 0 Å². The van der Waals surface area contributed by atoms with Gasteiger partial charge in [-0.25, -0.2) is 0 Å². The molecule has 3 rings (SSSR count). The molecule has 25 heavy (non-hydrogen) atoms. The lowest BCUT2D eigenvalue weighted by molar-refractivity contribution is -0.113. The van der Waals surface area contributed by atoms with E-state index in [0.717, 1.165) is 18.3 Å². The molecule has 0 atom stereocenters. The Kier molecular flexibility index (Phi) is 4.46. The van der Waals surface area contributed by atoms with Gasteiger partial charge in [0.05, 0.1) is 24.0 Å². The van der Waals surface area contributed by atoms with Crippen LogP contribution in [0.5, 0.6) is 5.75 Å². The molecule has 1 saturated carbocycles. The summed E-state index contributed by atoms with van der Waals surface area (Å²) in [6, 6.07) is 5.55. The first kappa shape index (κ1) is 18.0. The Balaban J connectivity index is 1.78. The minimum absolute atomic E-state index is 0.149. The van der Waals surface area contributed by atoms with Crippen molar-refractivity contribution < 1.29 is 18.8 Å². The maximum absolute atomic E-state index is 12.3. The lowest BCUT2D eigenvalue weighted by atomic mass is 9.79. The molecule has 1 aromatic carbocycles. The summed E-state index contributed by atoms with van der Waals surface area (Å²) in [7, 11) is 1.11. The third-order valence-electron chi connectivity index (χ3n) is 5.36. The molecule has 1 saturated heterocycles. The predicted molar refractivity (Wildman–Crippen MR) is 99.2 cm³/mol. The van der Waals surface area contributed by atoms with Crippen LogP contribution in [0.1, 0.15) is 40.5 Å². The quantitative estimate of drug-likeness (QED) is 0.660. The maximum Gasteiger partial charge on any atom is 0.494 e. The van der Waals surface area contributed by atoms with Crippen molar-refractivity contribution in [2.24, 2.45) is 5.92 Å². The highest BCUT2D eigenvalue weighted by Crippen LogP contribution is 2.38. The molecule has 0 aromatic heterocycles. The van der Waals surface area contributed by atoms with E-state index in [4.69, 9.17) is 14.0 Å². The molecule has 1 amide bonds. The standard InChI is InChI=1S/C19H26BNO4/c1-12(13-7-8-13)17(22)21-15-10-9-14(11-16(15)23-6)20-24-18(2,3)19(4,5)25-20/h9-11,13H,1,7-8H2,2-6H3,(H,21,22). The van der Waals surface area contributed by atoms with Crippen LogP contribution in [0.25, 0.3) is 0 Å². The SMILES string of the molecule is C=C(C(=O)Nc1ccc(B2OC(C)(C)C(C)(C)O2)cc1OC)C1CC1. The number of hydrogen-bond acceptors (Lipinski definition) is 4. The molecule has 1 aliphatic carbocycles. The van der Waals surface area contributed by atoms with Gasteiger partial charge in [0.25, 0.3) is 5.91 Å². The van der Waals surface area contributed by atoms with Gasteiger partial charge in [-0.1, -0.05) is 12.6 Å². The molecule has 134 valence electrons. The number of ether oxygens (including phenoxy) is 1. The highest BCUT2D eigenvalue weighted by molar-refractivity contribution is 6.62. The Morgan fingerprint density at radius 2 is 1.84 bits per heavy atom. The molecule has 2 aliphatic rings. The van der Waals surface area contributed by atoms with Gasteiger partial charge in [-0.15, -0.1) is 0 Å². The zero-order chi connectivity index (χ0) is 18.4. The highest BCUT2D eigenvalue weighted by atomic mass is 16.7. The van der Waals surface area contributed by atoms with Gasteiger partial charge in [-0.3, -0.25) is 4.79 Å². The molecule has 0 spiro atoms. The molecule has 6 heteroatoms. The van der Waals surface area contributed by atoms with Crippen LogP contribution in [0.3, 0.4) is 0 Å². The van der Waals surface area contributed by atoms with Crippen LogP contribution in [0.2, 0.25) is 0 Å². The van der Waals surface area contributed by atoms with Gasteiger partial charge in [0, 0.05) is 5.57 Å². The van der Waals surface area contributed by atoms with E-state index in [9.17, 15) is 4.79 Å². The van der Waals surface area contributed by atoms with E-state index in [1.807, 2.05) is 45.9 Å². The number of carbonyl (C=O) groups excluding carboxylic acids is 1. The smallest absolute Gasteiger partial charge is 0.494 e. The topological polar surface area (TPSA) is 56.8 Å². The number of nitrogens with one attached hydrogen (secondary N) is 1. The van der Waals surface area contributed by atoms with Crippen LogP contribution in [-0.2, 0) is 14.1 Å². The van der Waals surface area contributed by atoms with Crippen molar-refractivity contribution in [1.82, 2.24) is 0 Å². The van der Waals surface area contributed by atoms with Gasteiger partial charge in [-0.05, 0) is 64.1 Å². The Labute approximate surface area is 149 Å². The average molecular weight is 343 g/mol. The number of carbonyl (C=O) groups is 1. The summed E-state index contributed by atoms with van der Waals surface area (Å²) in [5.74, 6) is 0.753. The molecule has 1 N–H and O–H groups in total. The Bertz CT molecular complexity index is 693. The Morgan fingerprint density at radius 1 is 1.24 bits per heavy atom. The van der Waals surface area contributed by atoms with Gasteiger partial charge in [0.2, 0.25) is 0 Å². The highest BCUT2D eigenvalue weighted by Gasteiger charge is 2.51. The van der Waals surface area contributed by atoms with E-state index in [2.05, 4.69) is 11.9 Å². The predicted octanol–water partition coefficient (Wildman–Crippen LogP) is 2.90. The Hall–Kier alpha value is -1.79. The zero-order valence-electron chi connectivity index (χ0n) is 15.6.